The maximum atomic E-state index is 6.32. The van der Waals surface area contributed by atoms with E-state index >= 15 is 0 Å². The Balaban J connectivity index is 2.03. The summed E-state index contributed by atoms with van der Waals surface area (Å²) in [6.45, 7) is 13.4. The van der Waals surface area contributed by atoms with Crippen LogP contribution in [0.1, 0.15) is 57.0 Å². The maximum Gasteiger partial charge on any atom is 0.217 e. The molecule has 1 aliphatic heterocycles. The number of aryl methyl sites for hydroxylation is 1. The van der Waals surface area contributed by atoms with Gasteiger partial charge in [0.05, 0.1) is 5.69 Å². The molecule has 0 bridgehead atoms. The summed E-state index contributed by atoms with van der Waals surface area (Å²) < 4.78 is 6.32. The van der Waals surface area contributed by atoms with E-state index in [1.807, 2.05) is 19.1 Å². The molecule has 1 aromatic rings. The first-order valence-electron chi connectivity index (χ1n) is 9.91. The second kappa shape index (κ2) is 10.0. The molecule has 2 heterocycles. The number of nitrogens with zero attached hydrogens (tertiary/aromatic N) is 4. The third kappa shape index (κ3) is 6.36. The molecule has 1 atom stereocenters. The van der Waals surface area contributed by atoms with Gasteiger partial charge in [-0.3, -0.25) is 4.90 Å². The van der Waals surface area contributed by atoms with Crippen molar-refractivity contribution >= 4 is 0 Å². The van der Waals surface area contributed by atoms with Gasteiger partial charge in [0.25, 0.3) is 0 Å². The lowest BCUT2D eigenvalue weighted by molar-refractivity contribution is 0.0849. The minimum atomic E-state index is 0.118. The van der Waals surface area contributed by atoms with Crippen LogP contribution in [0.15, 0.2) is 18.7 Å². The monoisotopic (exact) mass is 360 g/mol. The minimum Gasteiger partial charge on any atom is -0.473 e. The summed E-state index contributed by atoms with van der Waals surface area (Å²) in [5.41, 5.74) is 1.04. The van der Waals surface area contributed by atoms with E-state index in [4.69, 9.17) is 4.74 Å². The summed E-state index contributed by atoms with van der Waals surface area (Å²) >= 11 is 0. The zero-order valence-electron chi connectivity index (χ0n) is 17.2. The van der Waals surface area contributed by atoms with E-state index in [0.29, 0.717) is 17.8 Å². The van der Waals surface area contributed by atoms with Crippen LogP contribution >= 0.6 is 0 Å². The summed E-state index contributed by atoms with van der Waals surface area (Å²) in [6.07, 6.45) is 6.45. The molecule has 5 nitrogen and oxygen atoms in total. The maximum absolute atomic E-state index is 6.32. The summed E-state index contributed by atoms with van der Waals surface area (Å²) in [4.78, 5) is 13.9. The van der Waals surface area contributed by atoms with Crippen LogP contribution in [0.3, 0.4) is 0 Å². The van der Waals surface area contributed by atoms with Gasteiger partial charge in [-0.2, -0.15) is 4.98 Å². The van der Waals surface area contributed by atoms with E-state index < -0.39 is 0 Å². The molecule has 0 unspecified atom stereocenters. The van der Waals surface area contributed by atoms with Gasteiger partial charge in [0, 0.05) is 18.7 Å². The molecule has 1 aromatic heterocycles. The van der Waals surface area contributed by atoms with Gasteiger partial charge in [-0.05, 0) is 65.7 Å². The third-order valence-electron chi connectivity index (χ3n) is 5.21. The molecule has 146 valence electrons. The van der Waals surface area contributed by atoms with Crippen molar-refractivity contribution in [3.63, 3.8) is 0 Å². The van der Waals surface area contributed by atoms with Crippen LogP contribution in [-0.4, -0.2) is 65.6 Å². The predicted molar refractivity (Wildman–Crippen MR) is 108 cm³/mol. The second-order valence-electron chi connectivity index (χ2n) is 7.91. The van der Waals surface area contributed by atoms with Gasteiger partial charge in [-0.1, -0.05) is 19.9 Å². The summed E-state index contributed by atoms with van der Waals surface area (Å²) in [7, 11) is 4.43. The molecule has 26 heavy (non-hydrogen) atoms. The van der Waals surface area contributed by atoms with E-state index in [1.165, 1.54) is 25.9 Å². The third-order valence-corrected chi connectivity index (χ3v) is 5.21. The Morgan fingerprint density at radius 1 is 1.35 bits per heavy atom. The molecule has 0 N–H and O–H groups in total. The Labute approximate surface area is 159 Å². The molecule has 2 rings (SSSR count). The van der Waals surface area contributed by atoms with Gasteiger partial charge >= 0.3 is 0 Å². The van der Waals surface area contributed by atoms with Crippen LogP contribution in [-0.2, 0) is 0 Å². The summed E-state index contributed by atoms with van der Waals surface area (Å²) in [6, 6.07) is 2.63. The van der Waals surface area contributed by atoms with E-state index in [9.17, 15) is 0 Å². The Morgan fingerprint density at radius 3 is 2.65 bits per heavy atom. The molecule has 0 saturated carbocycles. The fourth-order valence-corrected chi connectivity index (χ4v) is 3.49. The van der Waals surface area contributed by atoms with Crippen LogP contribution in [0.5, 0.6) is 5.88 Å². The number of rotatable bonds is 9. The average Bonchev–Trinajstić information content (AvgIpc) is 2.59. The molecule has 1 aliphatic rings. The lowest BCUT2D eigenvalue weighted by atomic mass is 10.0. The fourth-order valence-electron chi connectivity index (χ4n) is 3.49. The smallest absolute Gasteiger partial charge is 0.217 e. The predicted octanol–water partition coefficient (Wildman–Crippen LogP) is 3.65. The summed E-state index contributed by atoms with van der Waals surface area (Å²) in [5.74, 6) is 1.84. The number of likely N-dealkylation sites (tertiary alicyclic amines) is 1. The topological polar surface area (TPSA) is 41.5 Å². The molecule has 1 fully saturated rings. The quantitative estimate of drug-likeness (QED) is 0.629. The van der Waals surface area contributed by atoms with E-state index in [2.05, 4.69) is 54.3 Å². The van der Waals surface area contributed by atoms with Gasteiger partial charge in [-0.15, -0.1) is 6.58 Å². The van der Waals surface area contributed by atoms with Crippen molar-refractivity contribution < 1.29 is 4.74 Å². The number of aromatic nitrogens is 2. The molecule has 0 radical (unpaired) electrons. The van der Waals surface area contributed by atoms with Gasteiger partial charge in [0.1, 0.15) is 11.9 Å². The zero-order valence-corrected chi connectivity index (χ0v) is 17.2. The van der Waals surface area contributed by atoms with Crippen molar-refractivity contribution in [1.82, 2.24) is 19.8 Å². The molecule has 0 amide bonds. The van der Waals surface area contributed by atoms with Gasteiger partial charge in [-0.25, -0.2) is 4.98 Å². The first-order chi connectivity index (χ1) is 12.4. The molecule has 0 aromatic carbocycles. The number of ether oxygens (including phenoxy) is 1. The Kier molecular flexibility index (Phi) is 8.04. The molecule has 0 aliphatic carbocycles. The van der Waals surface area contributed by atoms with Crippen molar-refractivity contribution in [2.45, 2.75) is 64.5 Å². The van der Waals surface area contributed by atoms with E-state index in [-0.39, 0.29) is 6.10 Å². The lowest BCUT2D eigenvalue weighted by Gasteiger charge is -2.36. The Hall–Kier alpha value is -1.46. The average molecular weight is 361 g/mol. The molecule has 5 heteroatoms. The number of likely N-dealkylation sites (N-methyl/N-ethyl adjacent to an activating group) is 1. The standard InChI is InChI=1S/C21H36N4O/c1-7-8-9-19(15-25(6)18-10-12-24(5)13-11-18)26-21-14-20(16(2)3)22-17(4)23-21/h7,14,16,18-19H,1,8-13,15H2,2-6H3/t19-/m0/s1. The highest BCUT2D eigenvalue weighted by atomic mass is 16.5. The highest BCUT2D eigenvalue weighted by molar-refractivity contribution is 5.18. The largest absolute Gasteiger partial charge is 0.473 e. The minimum absolute atomic E-state index is 0.118. The SMILES string of the molecule is C=CCC[C@@H](CN(C)C1CCN(C)CC1)Oc1cc(C(C)C)nc(C)n1. The van der Waals surface area contributed by atoms with Crippen LogP contribution in [0, 0.1) is 6.92 Å². The number of hydrogen-bond acceptors (Lipinski definition) is 5. The van der Waals surface area contributed by atoms with Crippen LogP contribution in [0.2, 0.25) is 0 Å². The molecular weight excluding hydrogens is 324 g/mol. The molecule has 0 spiro atoms. The Bertz CT molecular complexity index is 567. The van der Waals surface area contributed by atoms with Gasteiger partial charge in [0.15, 0.2) is 0 Å². The van der Waals surface area contributed by atoms with Crippen molar-refractivity contribution in [3.05, 3.63) is 30.2 Å². The first-order valence-corrected chi connectivity index (χ1v) is 9.91. The van der Waals surface area contributed by atoms with Gasteiger partial charge in [0.2, 0.25) is 5.88 Å². The lowest BCUT2D eigenvalue weighted by Crippen LogP contribution is -2.45. The van der Waals surface area contributed by atoms with Crippen LogP contribution in [0.4, 0.5) is 0 Å². The molecular formula is C21H36N4O. The van der Waals surface area contributed by atoms with Crippen molar-refractivity contribution in [1.29, 1.82) is 0 Å². The Morgan fingerprint density at radius 2 is 2.04 bits per heavy atom. The highest BCUT2D eigenvalue weighted by Gasteiger charge is 2.23. The van der Waals surface area contributed by atoms with Crippen LogP contribution < -0.4 is 4.74 Å². The normalized spacial score (nSPS) is 17.7. The van der Waals surface area contributed by atoms with Crippen LogP contribution in [0.25, 0.3) is 0 Å². The number of allylic oxidation sites excluding steroid dienone is 1. The second-order valence-corrected chi connectivity index (χ2v) is 7.91. The van der Waals surface area contributed by atoms with E-state index in [1.54, 1.807) is 0 Å². The van der Waals surface area contributed by atoms with Crippen molar-refractivity contribution in [3.8, 4) is 5.88 Å². The number of hydrogen-bond donors (Lipinski definition) is 0. The highest BCUT2D eigenvalue weighted by Crippen LogP contribution is 2.21. The van der Waals surface area contributed by atoms with Crippen molar-refractivity contribution in [2.75, 3.05) is 33.7 Å². The van der Waals surface area contributed by atoms with E-state index in [0.717, 1.165) is 30.9 Å². The van der Waals surface area contributed by atoms with Gasteiger partial charge < -0.3 is 9.64 Å². The van der Waals surface area contributed by atoms with Crippen molar-refractivity contribution in [2.24, 2.45) is 0 Å². The zero-order chi connectivity index (χ0) is 19.1. The number of piperidine rings is 1. The molecule has 1 saturated heterocycles. The summed E-state index contributed by atoms with van der Waals surface area (Å²) in [5, 5.41) is 0. The first kappa shape index (κ1) is 20.8. The fraction of sp³-hybridized carbons (Fsp3) is 0.714.